The first kappa shape index (κ1) is 16.0. The summed E-state index contributed by atoms with van der Waals surface area (Å²) in [7, 11) is 0. The first-order valence-corrected chi connectivity index (χ1v) is 7.90. The van der Waals surface area contributed by atoms with Crippen molar-refractivity contribution in [3.8, 4) is 0 Å². The van der Waals surface area contributed by atoms with Crippen molar-refractivity contribution in [1.29, 1.82) is 0 Å². The van der Waals surface area contributed by atoms with E-state index in [2.05, 4.69) is 43.2 Å². The van der Waals surface area contributed by atoms with Crippen molar-refractivity contribution < 1.29 is 4.92 Å². The molecule has 0 atom stereocenters. The molecule has 4 nitrogen and oxygen atoms in total. The molecule has 2 aromatic carbocycles. The smallest absolute Gasteiger partial charge is 0.274 e. The predicted octanol–water partition coefficient (Wildman–Crippen LogP) is 5.35. The fourth-order valence-electron chi connectivity index (χ4n) is 2.01. The van der Waals surface area contributed by atoms with Crippen molar-refractivity contribution in [2.24, 2.45) is 0 Å². The molecule has 0 aliphatic rings. The van der Waals surface area contributed by atoms with Gasteiger partial charge in [-0.15, -0.1) is 0 Å². The lowest BCUT2D eigenvalue weighted by atomic mass is 10.1. The van der Waals surface area contributed by atoms with E-state index in [9.17, 15) is 10.1 Å². The van der Waals surface area contributed by atoms with Gasteiger partial charge in [0, 0.05) is 27.1 Å². The van der Waals surface area contributed by atoms with Gasteiger partial charge in [0.15, 0.2) is 0 Å². The Morgan fingerprint density at radius 3 is 2.43 bits per heavy atom. The van der Waals surface area contributed by atoms with Gasteiger partial charge in [-0.2, -0.15) is 0 Å². The van der Waals surface area contributed by atoms with Crippen LogP contribution in [0.2, 0.25) is 0 Å². The summed E-state index contributed by atoms with van der Waals surface area (Å²) < 4.78 is 1.89. The summed E-state index contributed by atoms with van der Waals surface area (Å²) in [6.45, 7) is 4.36. The van der Waals surface area contributed by atoms with Gasteiger partial charge in [-0.05, 0) is 53.0 Å². The summed E-state index contributed by atoms with van der Waals surface area (Å²) in [4.78, 5) is 10.6. The summed E-state index contributed by atoms with van der Waals surface area (Å²) in [5.41, 5.74) is 3.74. The Balaban J connectivity index is 2.21. The predicted molar refractivity (Wildman–Crippen MR) is 91.7 cm³/mol. The number of rotatable bonds is 4. The van der Waals surface area contributed by atoms with Crippen molar-refractivity contribution in [3.63, 3.8) is 0 Å². The molecular weight excluding hydrogens is 400 g/mol. The maximum absolute atomic E-state index is 11.0. The first-order valence-electron chi connectivity index (χ1n) is 6.32. The zero-order valence-electron chi connectivity index (χ0n) is 11.6. The zero-order chi connectivity index (χ0) is 15.6. The molecule has 21 heavy (non-hydrogen) atoms. The third kappa shape index (κ3) is 3.83. The van der Waals surface area contributed by atoms with Gasteiger partial charge in [-0.3, -0.25) is 10.1 Å². The van der Waals surface area contributed by atoms with Crippen LogP contribution in [0.25, 0.3) is 0 Å². The van der Waals surface area contributed by atoms with E-state index in [0.29, 0.717) is 17.8 Å². The van der Waals surface area contributed by atoms with E-state index in [1.807, 2.05) is 19.1 Å². The Morgan fingerprint density at radius 2 is 1.81 bits per heavy atom. The number of hydrogen-bond donors (Lipinski definition) is 1. The van der Waals surface area contributed by atoms with Gasteiger partial charge in [-0.1, -0.05) is 28.1 Å². The SMILES string of the molecule is Cc1cc(CNc2cc([N+](=O)[O-])c(C)cc2Br)ccc1Br. The number of benzene rings is 2. The maximum Gasteiger partial charge on any atom is 0.274 e. The number of nitrogens with zero attached hydrogens (tertiary/aromatic N) is 1. The molecule has 110 valence electrons. The highest BCUT2D eigenvalue weighted by molar-refractivity contribution is 9.10. The van der Waals surface area contributed by atoms with Crippen LogP contribution in [0, 0.1) is 24.0 Å². The lowest BCUT2D eigenvalue weighted by molar-refractivity contribution is -0.385. The van der Waals surface area contributed by atoms with Gasteiger partial charge in [0.05, 0.1) is 10.6 Å². The molecule has 0 saturated carbocycles. The normalized spacial score (nSPS) is 10.5. The number of halogens is 2. The Kier molecular flexibility index (Phi) is 5.00. The van der Waals surface area contributed by atoms with Gasteiger partial charge in [0.1, 0.15) is 0 Å². The number of aryl methyl sites for hydroxylation is 2. The van der Waals surface area contributed by atoms with E-state index < -0.39 is 0 Å². The molecule has 0 unspecified atom stereocenters. The molecule has 0 radical (unpaired) electrons. The first-order chi connectivity index (χ1) is 9.88. The van der Waals surface area contributed by atoms with Crippen molar-refractivity contribution in [3.05, 3.63) is 66.1 Å². The molecule has 0 spiro atoms. The Bertz CT molecular complexity index is 702. The van der Waals surface area contributed by atoms with Crippen LogP contribution in [0.5, 0.6) is 0 Å². The highest BCUT2D eigenvalue weighted by atomic mass is 79.9. The fraction of sp³-hybridized carbons (Fsp3) is 0.200. The highest BCUT2D eigenvalue weighted by Gasteiger charge is 2.14. The molecular formula is C15H14Br2N2O2. The Labute approximate surface area is 140 Å². The van der Waals surface area contributed by atoms with Crippen molar-refractivity contribution >= 4 is 43.2 Å². The largest absolute Gasteiger partial charge is 0.380 e. The minimum absolute atomic E-state index is 0.118. The van der Waals surface area contributed by atoms with Crippen molar-refractivity contribution in [1.82, 2.24) is 0 Å². The second kappa shape index (κ2) is 6.58. The molecule has 0 amide bonds. The molecule has 0 bridgehead atoms. The lowest BCUT2D eigenvalue weighted by Gasteiger charge is -2.11. The standard InChI is InChI=1S/C15H14Br2N2O2/c1-9-5-11(3-4-12(9)16)8-18-14-7-15(19(20)21)10(2)6-13(14)17/h3-7,18H,8H2,1-2H3. The summed E-state index contributed by atoms with van der Waals surface area (Å²) in [6, 6.07) is 9.41. The second-order valence-electron chi connectivity index (χ2n) is 4.81. The molecule has 0 saturated heterocycles. The number of nitro benzene ring substituents is 1. The van der Waals surface area contributed by atoms with Crippen LogP contribution in [0.15, 0.2) is 39.3 Å². The Hall–Kier alpha value is -1.40. The van der Waals surface area contributed by atoms with E-state index >= 15 is 0 Å². The van der Waals surface area contributed by atoms with Crippen LogP contribution in [-0.4, -0.2) is 4.92 Å². The fourth-order valence-corrected chi connectivity index (χ4v) is 2.85. The summed E-state index contributed by atoms with van der Waals surface area (Å²) >= 11 is 6.90. The van der Waals surface area contributed by atoms with Crippen molar-refractivity contribution in [2.45, 2.75) is 20.4 Å². The molecule has 6 heteroatoms. The molecule has 0 aliphatic heterocycles. The third-order valence-electron chi connectivity index (χ3n) is 3.19. The summed E-state index contributed by atoms with van der Waals surface area (Å²) in [6.07, 6.45) is 0. The van der Waals surface area contributed by atoms with E-state index in [0.717, 1.165) is 20.1 Å². The number of hydrogen-bond acceptors (Lipinski definition) is 3. The van der Waals surface area contributed by atoms with Gasteiger partial charge in [-0.25, -0.2) is 0 Å². The van der Waals surface area contributed by atoms with E-state index in [-0.39, 0.29) is 10.6 Å². The van der Waals surface area contributed by atoms with E-state index in [4.69, 9.17) is 0 Å². The third-order valence-corrected chi connectivity index (χ3v) is 4.73. The van der Waals surface area contributed by atoms with Crippen LogP contribution in [-0.2, 0) is 6.54 Å². The molecule has 0 aliphatic carbocycles. The highest BCUT2D eigenvalue weighted by Crippen LogP contribution is 2.31. The molecule has 2 rings (SSSR count). The number of nitro groups is 1. The Morgan fingerprint density at radius 1 is 1.10 bits per heavy atom. The van der Waals surface area contributed by atoms with E-state index in [1.54, 1.807) is 19.1 Å². The van der Waals surface area contributed by atoms with Crippen LogP contribution in [0.4, 0.5) is 11.4 Å². The minimum atomic E-state index is -0.364. The van der Waals surface area contributed by atoms with Crippen LogP contribution in [0.1, 0.15) is 16.7 Å². The maximum atomic E-state index is 11.0. The van der Waals surface area contributed by atoms with Gasteiger partial charge in [0.2, 0.25) is 0 Å². The van der Waals surface area contributed by atoms with Gasteiger partial charge >= 0.3 is 0 Å². The number of nitrogens with one attached hydrogen (secondary N) is 1. The molecule has 2 aromatic rings. The minimum Gasteiger partial charge on any atom is -0.380 e. The molecule has 0 fully saturated rings. The summed E-state index contributed by atoms with van der Waals surface area (Å²) in [5.74, 6) is 0. The van der Waals surface area contributed by atoms with Crippen molar-refractivity contribution in [2.75, 3.05) is 5.32 Å². The average molecular weight is 414 g/mol. The lowest BCUT2D eigenvalue weighted by Crippen LogP contribution is -2.02. The van der Waals surface area contributed by atoms with Crippen LogP contribution in [0.3, 0.4) is 0 Å². The average Bonchev–Trinajstić information content (AvgIpc) is 2.41. The summed E-state index contributed by atoms with van der Waals surface area (Å²) in [5, 5.41) is 14.2. The molecule has 0 aromatic heterocycles. The second-order valence-corrected chi connectivity index (χ2v) is 6.52. The quantitative estimate of drug-likeness (QED) is 0.542. The zero-order valence-corrected chi connectivity index (χ0v) is 14.8. The monoisotopic (exact) mass is 412 g/mol. The van der Waals surface area contributed by atoms with Gasteiger partial charge in [0.25, 0.3) is 5.69 Å². The molecule has 0 heterocycles. The van der Waals surface area contributed by atoms with Crippen LogP contribution < -0.4 is 5.32 Å². The molecule has 1 N–H and O–H groups in total. The van der Waals surface area contributed by atoms with Crippen LogP contribution >= 0.6 is 31.9 Å². The topological polar surface area (TPSA) is 55.2 Å². The van der Waals surface area contributed by atoms with E-state index in [1.165, 1.54) is 0 Å². The number of anilines is 1. The van der Waals surface area contributed by atoms with Gasteiger partial charge < -0.3 is 5.32 Å².